The molecule has 1 heterocycles. The van der Waals surface area contributed by atoms with Gasteiger partial charge >= 0.3 is 0 Å². The number of benzene rings is 1. The highest BCUT2D eigenvalue weighted by Crippen LogP contribution is 2.24. The Bertz CT molecular complexity index is 541. The first kappa shape index (κ1) is 12.9. The lowest BCUT2D eigenvalue weighted by Crippen LogP contribution is -2.04. The lowest BCUT2D eigenvalue weighted by atomic mass is 10.0. The third-order valence-corrected chi connectivity index (χ3v) is 3.50. The molecule has 0 fully saturated rings. The van der Waals surface area contributed by atoms with Crippen LogP contribution in [-0.2, 0) is 12.8 Å². The monoisotopic (exact) mass is 242 g/mol. The van der Waals surface area contributed by atoms with Crippen LogP contribution < -0.4 is 0 Å². The maximum absolute atomic E-state index is 4.55. The highest BCUT2D eigenvalue weighted by molar-refractivity contribution is 5.50. The smallest absolute Gasteiger partial charge is 0.0997 e. The quantitative estimate of drug-likeness (QED) is 0.797. The van der Waals surface area contributed by atoms with E-state index in [0.717, 1.165) is 12.8 Å². The van der Waals surface area contributed by atoms with Gasteiger partial charge < -0.3 is 4.57 Å². The molecule has 0 amide bonds. The first-order chi connectivity index (χ1) is 8.58. The minimum Gasteiger partial charge on any atom is -0.302 e. The predicted octanol–water partition coefficient (Wildman–Crippen LogP) is 3.92. The fraction of sp³-hybridized carbons (Fsp3) is 0.438. The van der Waals surface area contributed by atoms with Crippen molar-refractivity contribution in [3.63, 3.8) is 0 Å². The zero-order chi connectivity index (χ0) is 13.3. The summed E-state index contributed by atoms with van der Waals surface area (Å²) in [6.45, 7) is 10.9. The molecule has 2 rings (SSSR count). The summed E-state index contributed by atoms with van der Waals surface area (Å²) in [7, 11) is 0. The summed E-state index contributed by atoms with van der Waals surface area (Å²) in [5, 5.41) is 0. The van der Waals surface area contributed by atoms with Crippen LogP contribution in [0.1, 0.15) is 41.9 Å². The van der Waals surface area contributed by atoms with Crippen LogP contribution >= 0.6 is 0 Å². The Morgan fingerprint density at radius 2 is 1.61 bits per heavy atom. The predicted molar refractivity (Wildman–Crippen MR) is 76.5 cm³/mol. The van der Waals surface area contributed by atoms with Crippen LogP contribution in [0.5, 0.6) is 0 Å². The van der Waals surface area contributed by atoms with Crippen LogP contribution in [0.15, 0.2) is 18.5 Å². The Kier molecular flexibility index (Phi) is 3.55. The topological polar surface area (TPSA) is 17.8 Å². The average Bonchev–Trinajstić information content (AvgIpc) is 2.70. The maximum Gasteiger partial charge on any atom is 0.0997 e. The number of imidazole rings is 1. The number of aryl methyl sites for hydroxylation is 4. The van der Waals surface area contributed by atoms with Gasteiger partial charge in [-0.2, -0.15) is 0 Å². The molecule has 96 valence electrons. The summed E-state index contributed by atoms with van der Waals surface area (Å²) in [5.41, 5.74) is 7.82. The summed E-state index contributed by atoms with van der Waals surface area (Å²) in [4.78, 5) is 4.55. The van der Waals surface area contributed by atoms with Crippen molar-refractivity contribution in [1.82, 2.24) is 9.55 Å². The summed E-state index contributed by atoms with van der Waals surface area (Å²) in [6.07, 6.45) is 4.00. The van der Waals surface area contributed by atoms with Gasteiger partial charge in [0, 0.05) is 5.69 Å². The van der Waals surface area contributed by atoms with Gasteiger partial charge in [0.25, 0.3) is 0 Å². The third kappa shape index (κ3) is 2.07. The number of rotatable bonds is 3. The molecule has 0 spiro atoms. The van der Waals surface area contributed by atoms with Crippen LogP contribution in [0.2, 0.25) is 0 Å². The van der Waals surface area contributed by atoms with Gasteiger partial charge in [0.1, 0.15) is 0 Å². The molecular formula is C16H22N2. The second kappa shape index (κ2) is 4.97. The zero-order valence-electron chi connectivity index (χ0n) is 12.0. The van der Waals surface area contributed by atoms with Crippen LogP contribution in [0, 0.1) is 20.8 Å². The molecule has 2 aromatic rings. The van der Waals surface area contributed by atoms with Crippen molar-refractivity contribution in [1.29, 1.82) is 0 Å². The second-order valence-corrected chi connectivity index (χ2v) is 4.96. The molecule has 0 aliphatic heterocycles. The van der Waals surface area contributed by atoms with Crippen molar-refractivity contribution < 1.29 is 0 Å². The van der Waals surface area contributed by atoms with E-state index in [2.05, 4.69) is 56.3 Å². The van der Waals surface area contributed by atoms with Gasteiger partial charge in [-0.15, -0.1) is 0 Å². The van der Waals surface area contributed by atoms with Gasteiger partial charge in [-0.25, -0.2) is 4.98 Å². The Morgan fingerprint density at radius 1 is 1.00 bits per heavy atom. The van der Waals surface area contributed by atoms with Crippen LogP contribution in [0.25, 0.3) is 5.69 Å². The molecular weight excluding hydrogens is 220 g/mol. The van der Waals surface area contributed by atoms with Gasteiger partial charge in [0.15, 0.2) is 0 Å². The minimum atomic E-state index is 1.00. The van der Waals surface area contributed by atoms with E-state index in [1.807, 2.05) is 6.33 Å². The molecule has 0 radical (unpaired) electrons. The molecule has 0 atom stereocenters. The molecule has 18 heavy (non-hydrogen) atoms. The molecule has 1 aromatic carbocycles. The van der Waals surface area contributed by atoms with Crippen molar-refractivity contribution in [3.05, 3.63) is 46.5 Å². The molecule has 2 nitrogen and oxygen atoms in total. The lowest BCUT2D eigenvalue weighted by Gasteiger charge is -2.15. The van der Waals surface area contributed by atoms with Crippen molar-refractivity contribution in [2.24, 2.45) is 0 Å². The number of nitrogens with zero attached hydrogens (tertiary/aromatic N) is 2. The van der Waals surface area contributed by atoms with E-state index < -0.39 is 0 Å². The number of aromatic nitrogens is 2. The number of hydrogen-bond acceptors (Lipinski definition) is 1. The molecule has 2 heteroatoms. The SMILES string of the molecule is CCc1ncn(-c2c(C)cc(C)cc2C)c1CC. The normalized spacial score (nSPS) is 10.9. The van der Waals surface area contributed by atoms with E-state index in [0.29, 0.717) is 0 Å². The van der Waals surface area contributed by atoms with E-state index in [4.69, 9.17) is 0 Å². The third-order valence-electron chi connectivity index (χ3n) is 3.50. The lowest BCUT2D eigenvalue weighted by molar-refractivity contribution is 0.897. The van der Waals surface area contributed by atoms with Gasteiger partial charge in [0.05, 0.1) is 17.7 Å². The van der Waals surface area contributed by atoms with Crippen molar-refractivity contribution in [2.75, 3.05) is 0 Å². The van der Waals surface area contributed by atoms with E-state index in [1.165, 1.54) is 33.8 Å². The largest absolute Gasteiger partial charge is 0.302 e. The highest BCUT2D eigenvalue weighted by Gasteiger charge is 2.12. The maximum atomic E-state index is 4.55. The Hall–Kier alpha value is -1.57. The fourth-order valence-electron chi connectivity index (χ4n) is 2.83. The Balaban J connectivity index is 2.66. The standard InChI is InChI=1S/C16H22N2/c1-6-14-15(7-2)18(10-17-14)16-12(4)8-11(3)9-13(16)5/h8-10H,6-7H2,1-5H3. The Morgan fingerprint density at radius 3 is 2.11 bits per heavy atom. The molecule has 0 N–H and O–H groups in total. The van der Waals surface area contributed by atoms with Crippen LogP contribution in [0.3, 0.4) is 0 Å². The van der Waals surface area contributed by atoms with E-state index in [9.17, 15) is 0 Å². The number of hydrogen-bond donors (Lipinski definition) is 0. The van der Waals surface area contributed by atoms with Gasteiger partial charge in [-0.05, 0) is 44.7 Å². The van der Waals surface area contributed by atoms with Gasteiger partial charge in [-0.3, -0.25) is 0 Å². The molecule has 0 saturated heterocycles. The summed E-state index contributed by atoms with van der Waals surface area (Å²) < 4.78 is 2.27. The van der Waals surface area contributed by atoms with Crippen molar-refractivity contribution in [2.45, 2.75) is 47.5 Å². The molecule has 0 aliphatic rings. The van der Waals surface area contributed by atoms with E-state index in [-0.39, 0.29) is 0 Å². The van der Waals surface area contributed by atoms with E-state index >= 15 is 0 Å². The molecule has 0 saturated carbocycles. The van der Waals surface area contributed by atoms with Crippen LogP contribution in [0.4, 0.5) is 0 Å². The zero-order valence-corrected chi connectivity index (χ0v) is 12.0. The molecule has 1 aromatic heterocycles. The van der Waals surface area contributed by atoms with Crippen LogP contribution in [-0.4, -0.2) is 9.55 Å². The van der Waals surface area contributed by atoms with Crippen molar-refractivity contribution >= 4 is 0 Å². The average molecular weight is 242 g/mol. The van der Waals surface area contributed by atoms with Crippen molar-refractivity contribution in [3.8, 4) is 5.69 Å². The molecule has 0 bridgehead atoms. The summed E-state index contributed by atoms with van der Waals surface area (Å²) in [5.74, 6) is 0. The molecule has 0 unspecified atom stereocenters. The first-order valence-electron chi connectivity index (χ1n) is 6.71. The summed E-state index contributed by atoms with van der Waals surface area (Å²) in [6, 6.07) is 4.49. The Labute approximate surface area is 110 Å². The van der Waals surface area contributed by atoms with Gasteiger partial charge in [0.2, 0.25) is 0 Å². The fourth-order valence-corrected chi connectivity index (χ4v) is 2.83. The first-order valence-corrected chi connectivity index (χ1v) is 6.71. The van der Waals surface area contributed by atoms with Gasteiger partial charge in [-0.1, -0.05) is 31.5 Å². The minimum absolute atomic E-state index is 1.00. The molecule has 0 aliphatic carbocycles. The summed E-state index contributed by atoms with van der Waals surface area (Å²) >= 11 is 0. The van der Waals surface area contributed by atoms with E-state index in [1.54, 1.807) is 0 Å². The second-order valence-electron chi connectivity index (χ2n) is 4.96. The highest BCUT2D eigenvalue weighted by atomic mass is 15.1.